The van der Waals surface area contributed by atoms with Crippen molar-refractivity contribution < 1.29 is 4.52 Å². The normalized spacial score (nSPS) is 17.2. The number of nitrogens with zero attached hydrogens (tertiary/aromatic N) is 2. The molecule has 0 spiro atoms. The van der Waals surface area contributed by atoms with Crippen LogP contribution >= 0.6 is 0 Å². The SMILES string of the molecule is CCc1ccc(Cc2nc(C3(N)CCC3)no2)cc1. The predicted octanol–water partition coefficient (Wildman–Crippen LogP) is 2.56. The average Bonchev–Trinajstić information content (AvgIpc) is 2.86. The van der Waals surface area contributed by atoms with Gasteiger partial charge < -0.3 is 10.3 Å². The van der Waals surface area contributed by atoms with Crippen molar-refractivity contribution in [3.8, 4) is 0 Å². The maximum Gasteiger partial charge on any atom is 0.231 e. The van der Waals surface area contributed by atoms with E-state index in [1.807, 2.05) is 0 Å². The third-order valence-electron chi connectivity index (χ3n) is 3.95. The molecule has 0 bridgehead atoms. The molecule has 0 unspecified atom stereocenters. The van der Waals surface area contributed by atoms with Gasteiger partial charge in [-0.2, -0.15) is 4.98 Å². The van der Waals surface area contributed by atoms with Gasteiger partial charge in [0.15, 0.2) is 5.82 Å². The molecule has 3 rings (SSSR count). The smallest absolute Gasteiger partial charge is 0.231 e. The Morgan fingerprint density at radius 2 is 1.89 bits per heavy atom. The first-order chi connectivity index (χ1) is 9.19. The Hall–Kier alpha value is -1.68. The van der Waals surface area contributed by atoms with E-state index in [4.69, 9.17) is 10.3 Å². The van der Waals surface area contributed by atoms with E-state index in [9.17, 15) is 0 Å². The van der Waals surface area contributed by atoms with Crippen LogP contribution in [0, 0.1) is 0 Å². The lowest BCUT2D eigenvalue weighted by atomic mass is 9.77. The maximum absolute atomic E-state index is 6.18. The van der Waals surface area contributed by atoms with Gasteiger partial charge in [0, 0.05) is 0 Å². The van der Waals surface area contributed by atoms with Crippen LogP contribution in [0.4, 0.5) is 0 Å². The number of benzene rings is 1. The molecule has 0 saturated heterocycles. The minimum atomic E-state index is -0.339. The van der Waals surface area contributed by atoms with Crippen LogP contribution in [0.15, 0.2) is 28.8 Å². The molecule has 1 aromatic heterocycles. The molecule has 1 aliphatic rings. The molecule has 0 aliphatic heterocycles. The van der Waals surface area contributed by atoms with Gasteiger partial charge in [-0.25, -0.2) is 0 Å². The van der Waals surface area contributed by atoms with Gasteiger partial charge in [-0.1, -0.05) is 36.3 Å². The number of aromatic nitrogens is 2. The molecule has 1 aliphatic carbocycles. The van der Waals surface area contributed by atoms with E-state index in [0.717, 1.165) is 25.7 Å². The third kappa shape index (κ3) is 2.40. The van der Waals surface area contributed by atoms with Crippen molar-refractivity contribution in [2.75, 3.05) is 0 Å². The molecule has 4 heteroatoms. The van der Waals surface area contributed by atoms with Crippen LogP contribution in [0.3, 0.4) is 0 Å². The summed E-state index contributed by atoms with van der Waals surface area (Å²) >= 11 is 0. The van der Waals surface area contributed by atoms with Gasteiger partial charge in [-0.3, -0.25) is 0 Å². The number of hydrogen-bond acceptors (Lipinski definition) is 4. The van der Waals surface area contributed by atoms with E-state index in [1.54, 1.807) is 0 Å². The van der Waals surface area contributed by atoms with E-state index < -0.39 is 0 Å². The van der Waals surface area contributed by atoms with Gasteiger partial charge in [0.1, 0.15) is 0 Å². The van der Waals surface area contributed by atoms with E-state index in [2.05, 4.69) is 41.3 Å². The second-order valence-electron chi connectivity index (χ2n) is 5.37. The summed E-state index contributed by atoms with van der Waals surface area (Å²) in [6, 6.07) is 8.51. The first-order valence-electron chi connectivity index (χ1n) is 6.89. The van der Waals surface area contributed by atoms with Crippen LogP contribution < -0.4 is 5.73 Å². The fourth-order valence-corrected chi connectivity index (χ4v) is 2.38. The zero-order valence-electron chi connectivity index (χ0n) is 11.2. The van der Waals surface area contributed by atoms with Gasteiger partial charge in [0.05, 0.1) is 12.0 Å². The molecule has 0 amide bonds. The molecule has 19 heavy (non-hydrogen) atoms. The van der Waals surface area contributed by atoms with E-state index in [1.165, 1.54) is 11.1 Å². The minimum Gasteiger partial charge on any atom is -0.339 e. The molecule has 2 N–H and O–H groups in total. The topological polar surface area (TPSA) is 64.9 Å². The number of hydrogen-bond donors (Lipinski definition) is 1. The largest absolute Gasteiger partial charge is 0.339 e. The Balaban J connectivity index is 1.72. The first kappa shape index (κ1) is 12.4. The van der Waals surface area contributed by atoms with Crippen LogP contribution in [-0.4, -0.2) is 10.1 Å². The molecule has 1 saturated carbocycles. The molecular weight excluding hydrogens is 238 g/mol. The monoisotopic (exact) mass is 257 g/mol. The first-order valence-corrected chi connectivity index (χ1v) is 6.89. The lowest BCUT2D eigenvalue weighted by Gasteiger charge is -2.34. The highest BCUT2D eigenvalue weighted by molar-refractivity contribution is 5.24. The molecular formula is C15H19N3O. The summed E-state index contributed by atoms with van der Waals surface area (Å²) in [7, 11) is 0. The Bertz CT molecular complexity index is 555. The summed E-state index contributed by atoms with van der Waals surface area (Å²) in [5.74, 6) is 1.31. The van der Waals surface area contributed by atoms with Gasteiger partial charge in [0.2, 0.25) is 5.89 Å². The lowest BCUT2D eigenvalue weighted by molar-refractivity contribution is 0.229. The fourth-order valence-electron chi connectivity index (χ4n) is 2.38. The quantitative estimate of drug-likeness (QED) is 0.914. The summed E-state index contributed by atoms with van der Waals surface area (Å²) < 4.78 is 5.31. The zero-order valence-corrected chi connectivity index (χ0v) is 11.2. The van der Waals surface area contributed by atoms with Crippen LogP contribution in [0.5, 0.6) is 0 Å². The van der Waals surface area contributed by atoms with Crippen molar-refractivity contribution in [3.63, 3.8) is 0 Å². The third-order valence-corrected chi connectivity index (χ3v) is 3.95. The summed E-state index contributed by atoms with van der Waals surface area (Å²) in [5.41, 5.74) is 8.37. The van der Waals surface area contributed by atoms with Crippen molar-refractivity contribution in [1.82, 2.24) is 10.1 Å². The lowest BCUT2D eigenvalue weighted by Crippen LogP contribution is -2.44. The summed E-state index contributed by atoms with van der Waals surface area (Å²) in [6.45, 7) is 2.15. The van der Waals surface area contributed by atoms with Crippen LogP contribution in [0.2, 0.25) is 0 Å². The molecule has 100 valence electrons. The standard InChI is InChI=1S/C15H19N3O/c1-2-11-4-6-12(7-5-11)10-13-17-14(18-19-13)15(16)8-3-9-15/h4-7H,2-3,8-10,16H2,1H3. The van der Waals surface area contributed by atoms with Crippen LogP contribution in [-0.2, 0) is 18.4 Å². The minimum absolute atomic E-state index is 0.339. The fraction of sp³-hybridized carbons (Fsp3) is 0.467. The number of aryl methyl sites for hydroxylation is 1. The summed E-state index contributed by atoms with van der Waals surface area (Å²) in [5, 5.41) is 4.03. The summed E-state index contributed by atoms with van der Waals surface area (Å²) in [6.07, 6.45) is 4.79. The van der Waals surface area contributed by atoms with E-state index in [0.29, 0.717) is 18.1 Å². The highest BCUT2D eigenvalue weighted by Gasteiger charge is 2.38. The van der Waals surface area contributed by atoms with E-state index in [-0.39, 0.29) is 5.54 Å². The van der Waals surface area contributed by atoms with Crippen molar-refractivity contribution >= 4 is 0 Å². The Kier molecular flexibility index (Phi) is 3.11. The number of rotatable bonds is 4. The van der Waals surface area contributed by atoms with Crippen molar-refractivity contribution in [2.24, 2.45) is 5.73 Å². The Labute approximate surface area is 113 Å². The van der Waals surface area contributed by atoms with Gasteiger partial charge in [-0.15, -0.1) is 0 Å². The molecule has 1 fully saturated rings. The van der Waals surface area contributed by atoms with Crippen molar-refractivity contribution in [2.45, 2.75) is 44.6 Å². The molecule has 1 aromatic carbocycles. The molecule has 0 radical (unpaired) electrons. The Morgan fingerprint density at radius 3 is 2.47 bits per heavy atom. The van der Waals surface area contributed by atoms with E-state index >= 15 is 0 Å². The highest BCUT2D eigenvalue weighted by atomic mass is 16.5. The van der Waals surface area contributed by atoms with Gasteiger partial charge in [-0.05, 0) is 36.8 Å². The molecule has 4 nitrogen and oxygen atoms in total. The summed E-state index contributed by atoms with van der Waals surface area (Å²) in [4.78, 5) is 4.44. The average molecular weight is 257 g/mol. The Morgan fingerprint density at radius 1 is 1.21 bits per heavy atom. The predicted molar refractivity (Wildman–Crippen MR) is 72.6 cm³/mol. The highest BCUT2D eigenvalue weighted by Crippen LogP contribution is 2.36. The number of nitrogens with two attached hydrogens (primary N) is 1. The van der Waals surface area contributed by atoms with Crippen molar-refractivity contribution in [3.05, 3.63) is 47.1 Å². The zero-order chi connectivity index (χ0) is 13.3. The molecule has 0 atom stereocenters. The van der Waals surface area contributed by atoms with Gasteiger partial charge >= 0.3 is 0 Å². The molecule has 1 heterocycles. The van der Waals surface area contributed by atoms with Crippen molar-refractivity contribution in [1.29, 1.82) is 0 Å². The van der Waals surface area contributed by atoms with Gasteiger partial charge in [0.25, 0.3) is 0 Å². The maximum atomic E-state index is 6.18. The van der Waals surface area contributed by atoms with Crippen LogP contribution in [0.25, 0.3) is 0 Å². The second kappa shape index (κ2) is 4.78. The molecule has 2 aromatic rings. The van der Waals surface area contributed by atoms with Crippen LogP contribution in [0.1, 0.15) is 49.0 Å². The second-order valence-corrected chi connectivity index (χ2v) is 5.37.